The number of aliphatic carboxylic acids is 2. The van der Waals surface area contributed by atoms with Gasteiger partial charge in [0.25, 0.3) is 11.6 Å². The Labute approximate surface area is 181 Å². The summed E-state index contributed by atoms with van der Waals surface area (Å²) in [5.74, 6) is -3.37. The fourth-order valence-electron chi connectivity index (χ4n) is 3.17. The van der Waals surface area contributed by atoms with Gasteiger partial charge in [0.15, 0.2) is 0 Å². The minimum Gasteiger partial charge on any atom is -0.481 e. The van der Waals surface area contributed by atoms with Crippen LogP contribution in [0.4, 0.5) is 5.69 Å². The number of aliphatic imine (C=N–C) groups is 1. The Morgan fingerprint density at radius 3 is 2.47 bits per heavy atom. The van der Waals surface area contributed by atoms with Crippen molar-refractivity contribution in [3.8, 4) is 0 Å². The summed E-state index contributed by atoms with van der Waals surface area (Å²) in [6, 6.07) is 15.2. The SMILES string of the molecule is O=C(O)CCC(C(=O)O)c1ccc2ccccc2n1.O=C1N=Cc2c1cccc2[N+](=O)[O-]. The number of nitro benzene ring substituents is 1. The monoisotopic (exact) mass is 435 g/mol. The van der Waals surface area contributed by atoms with E-state index in [9.17, 15) is 29.6 Å². The third-order valence-corrected chi connectivity index (χ3v) is 4.74. The molecule has 0 bridgehead atoms. The van der Waals surface area contributed by atoms with Gasteiger partial charge >= 0.3 is 11.9 Å². The van der Waals surface area contributed by atoms with E-state index in [2.05, 4.69) is 9.98 Å². The van der Waals surface area contributed by atoms with Crippen molar-refractivity contribution >= 4 is 40.7 Å². The first-order chi connectivity index (χ1) is 15.3. The summed E-state index contributed by atoms with van der Waals surface area (Å²) in [4.78, 5) is 50.5. The van der Waals surface area contributed by atoms with E-state index in [1.165, 1.54) is 24.4 Å². The molecule has 2 aromatic carbocycles. The molecule has 1 aromatic heterocycles. The highest BCUT2D eigenvalue weighted by molar-refractivity contribution is 6.14. The van der Waals surface area contributed by atoms with Crippen LogP contribution in [0.5, 0.6) is 0 Å². The van der Waals surface area contributed by atoms with E-state index in [1.54, 1.807) is 18.2 Å². The molecule has 162 valence electrons. The number of pyridine rings is 1. The predicted octanol–water partition coefficient (Wildman–Crippen LogP) is 3.44. The fourth-order valence-corrected chi connectivity index (χ4v) is 3.17. The smallest absolute Gasteiger partial charge is 0.312 e. The molecule has 0 radical (unpaired) electrons. The third kappa shape index (κ3) is 4.98. The van der Waals surface area contributed by atoms with Crippen LogP contribution in [0.3, 0.4) is 0 Å². The maximum absolute atomic E-state index is 11.2. The van der Waals surface area contributed by atoms with Crippen molar-refractivity contribution in [1.82, 2.24) is 4.98 Å². The number of carbonyl (C=O) groups excluding carboxylic acids is 1. The largest absolute Gasteiger partial charge is 0.481 e. The van der Waals surface area contributed by atoms with Gasteiger partial charge in [-0.05, 0) is 24.6 Å². The summed E-state index contributed by atoms with van der Waals surface area (Å²) < 4.78 is 0. The molecule has 10 heteroatoms. The molecular weight excluding hydrogens is 418 g/mol. The number of carbonyl (C=O) groups is 3. The number of rotatable bonds is 6. The average Bonchev–Trinajstić information content (AvgIpc) is 3.14. The van der Waals surface area contributed by atoms with E-state index in [-0.39, 0.29) is 18.5 Å². The fraction of sp³-hybridized carbons (Fsp3) is 0.136. The number of hydrogen-bond acceptors (Lipinski definition) is 6. The molecule has 0 saturated carbocycles. The van der Waals surface area contributed by atoms with Crippen LogP contribution in [0, 0.1) is 10.1 Å². The maximum Gasteiger partial charge on any atom is 0.312 e. The predicted molar refractivity (Wildman–Crippen MR) is 114 cm³/mol. The number of nitro groups is 1. The van der Waals surface area contributed by atoms with Gasteiger partial charge in [0.1, 0.15) is 0 Å². The van der Waals surface area contributed by atoms with Gasteiger partial charge in [-0.1, -0.05) is 30.3 Å². The molecule has 0 aliphatic carbocycles. The lowest BCUT2D eigenvalue weighted by atomic mass is 9.98. The van der Waals surface area contributed by atoms with Gasteiger partial charge in [-0.25, -0.2) is 4.99 Å². The minimum atomic E-state index is -1.05. The van der Waals surface area contributed by atoms with Crippen molar-refractivity contribution in [1.29, 1.82) is 0 Å². The first kappa shape index (κ1) is 22.2. The highest BCUT2D eigenvalue weighted by Gasteiger charge is 2.24. The Hall–Kier alpha value is -4.47. The Morgan fingerprint density at radius 2 is 1.78 bits per heavy atom. The van der Waals surface area contributed by atoms with E-state index in [1.807, 2.05) is 18.2 Å². The van der Waals surface area contributed by atoms with Gasteiger partial charge in [0.05, 0.1) is 33.2 Å². The standard InChI is InChI=1S/C14H13NO4.C8H4N2O3/c16-13(17)8-6-10(14(18)19)12-7-5-9-3-1-2-4-11(9)15-12;11-8-5-2-1-3-7(10(12)13)6(5)4-9-8/h1-5,7,10H,6,8H2,(H,16,17)(H,18,19);1-4H. The summed E-state index contributed by atoms with van der Waals surface area (Å²) >= 11 is 0. The maximum atomic E-state index is 11.2. The third-order valence-electron chi connectivity index (χ3n) is 4.74. The summed E-state index contributed by atoms with van der Waals surface area (Å²) in [6.07, 6.45) is 1.08. The Kier molecular flexibility index (Phi) is 6.64. The molecule has 4 rings (SSSR count). The van der Waals surface area contributed by atoms with Crippen LogP contribution in [0.1, 0.15) is 40.4 Å². The van der Waals surface area contributed by atoms with Crippen molar-refractivity contribution in [2.75, 3.05) is 0 Å². The molecule has 1 unspecified atom stereocenters. The van der Waals surface area contributed by atoms with Crippen LogP contribution < -0.4 is 0 Å². The molecular formula is C22H17N3O7. The first-order valence-electron chi connectivity index (χ1n) is 9.44. The van der Waals surface area contributed by atoms with Crippen LogP contribution in [0.25, 0.3) is 10.9 Å². The summed E-state index contributed by atoms with van der Waals surface area (Å²) in [5.41, 5.74) is 1.63. The van der Waals surface area contributed by atoms with Crippen molar-refractivity contribution in [3.63, 3.8) is 0 Å². The number of carboxylic acid groups (broad SMARTS) is 2. The number of para-hydroxylation sites is 1. The lowest BCUT2D eigenvalue weighted by Crippen LogP contribution is -2.14. The van der Waals surface area contributed by atoms with Crippen LogP contribution in [0.2, 0.25) is 0 Å². The number of nitrogens with zero attached hydrogens (tertiary/aromatic N) is 3. The molecule has 0 saturated heterocycles. The number of benzene rings is 2. The van der Waals surface area contributed by atoms with Gasteiger partial charge in [-0.2, -0.15) is 0 Å². The zero-order valence-corrected chi connectivity index (χ0v) is 16.5. The zero-order chi connectivity index (χ0) is 23.3. The zero-order valence-electron chi connectivity index (χ0n) is 16.5. The Morgan fingerprint density at radius 1 is 1.03 bits per heavy atom. The highest BCUT2D eigenvalue weighted by Crippen LogP contribution is 2.24. The summed E-state index contributed by atoms with van der Waals surface area (Å²) in [7, 11) is 0. The number of amides is 1. The molecule has 1 amide bonds. The molecule has 3 aromatic rings. The van der Waals surface area contributed by atoms with Crippen molar-refractivity contribution < 1.29 is 29.5 Å². The quantitative estimate of drug-likeness (QED) is 0.440. The number of fused-ring (bicyclic) bond motifs is 2. The van der Waals surface area contributed by atoms with Crippen molar-refractivity contribution in [2.45, 2.75) is 18.8 Å². The molecule has 2 N–H and O–H groups in total. The van der Waals surface area contributed by atoms with E-state index < -0.39 is 28.7 Å². The van der Waals surface area contributed by atoms with Crippen LogP contribution in [0.15, 0.2) is 59.6 Å². The molecule has 0 spiro atoms. The summed E-state index contributed by atoms with van der Waals surface area (Å²) in [6.45, 7) is 0. The second-order valence-corrected chi connectivity index (χ2v) is 6.81. The molecule has 0 fully saturated rings. The van der Waals surface area contributed by atoms with E-state index in [4.69, 9.17) is 5.11 Å². The molecule has 1 aliphatic rings. The van der Waals surface area contributed by atoms with Crippen LogP contribution in [-0.4, -0.2) is 44.2 Å². The molecule has 10 nitrogen and oxygen atoms in total. The number of carboxylic acids is 2. The Balaban J connectivity index is 0.000000193. The lowest BCUT2D eigenvalue weighted by molar-refractivity contribution is -0.385. The topological polar surface area (TPSA) is 160 Å². The number of hydrogen-bond donors (Lipinski definition) is 2. The number of aromatic nitrogens is 1. The first-order valence-corrected chi connectivity index (χ1v) is 9.44. The highest BCUT2D eigenvalue weighted by atomic mass is 16.6. The lowest BCUT2D eigenvalue weighted by Gasteiger charge is -2.11. The minimum absolute atomic E-state index is 0.0377. The molecule has 2 heterocycles. The second-order valence-electron chi connectivity index (χ2n) is 6.81. The van der Waals surface area contributed by atoms with Gasteiger partial charge < -0.3 is 10.2 Å². The van der Waals surface area contributed by atoms with Crippen molar-refractivity contribution in [3.05, 3.63) is 81.5 Å². The van der Waals surface area contributed by atoms with E-state index in [0.29, 0.717) is 22.3 Å². The summed E-state index contributed by atoms with van der Waals surface area (Å²) in [5, 5.41) is 29.3. The van der Waals surface area contributed by atoms with Crippen LogP contribution in [-0.2, 0) is 9.59 Å². The van der Waals surface area contributed by atoms with Gasteiger partial charge in [-0.3, -0.25) is 29.5 Å². The van der Waals surface area contributed by atoms with E-state index in [0.717, 1.165) is 5.39 Å². The average molecular weight is 435 g/mol. The normalized spacial score (nSPS) is 12.6. The van der Waals surface area contributed by atoms with Gasteiger partial charge in [0.2, 0.25) is 0 Å². The van der Waals surface area contributed by atoms with Gasteiger partial charge in [0, 0.05) is 24.1 Å². The van der Waals surface area contributed by atoms with E-state index >= 15 is 0 Å². The molecule has 1 aliphatic heterocycles. The van der Waals surface area contributed by atoms with Crippen LogP contribution >= 0.6 is 0 Å². The second kappa shape index (κ2) is 9.56. The Bertz CT molecular complexity index is 1250. The van der Waals surface area contributed by atoms with Crippen molar-refractivity contribution in [2.24, 2.45) is 4.99 Å². The molecule has 1 atom stereocenters. The van der Waals surface area contributed by atoms with Gasteiger partial charge in [-0.15, -0.1) is 0 Å². The molecule has 32 heavy (non-hydrogen) atoms.